The fraction of sp³-hybridized carbons (Fsp3) is 0.417. The SMILES string of the molecule is O=C(COc1ccccc1F)NC1CCS(=O)(=O)C1. The second-order valence-corrected chi connectivity index (χ2v) is 6.62. The van der Waals surface area contributed by atoms with E-state index in [1.165, 1.54) is 18.2 Å². The second-order valence-electron chi connectivity index (χ2n) is 4.39. The summed E-state index contributed by atoms with van der Waals surface area (Å²) in [5, 5.41) is 2.56. The molecule has 1 heterocycles. The molecule has 7 heteroatoms. The van der Waals surface area contributed by atoms with Gasteiger partial charge in [0, 0.05) is 6.04 Å². The fourth-order valence-electron chi connectivity index (χ4n) is 1.88. The quantitative estimate of drug-likeness (QED) is 0.875. The van der Waals surface area contributed by atoms with Gasteiger partial charge in [-0.25, -0.2) is 12.8 Å². The van der Waals surface area contributed by atoms with Crippen LogP contribution in [0.3, 0.4) is 0 Å². The maximum Gasteiger partial charge on any atom is 0.258 e. The molecular weight excluding hydrogens is 273 g/mol. The van der Waals surface area contributed by atoms with Crippen LogP contribution in [0.5, 0.6) is 5.75 Å². The van der Waals surface area contributed by atoms with Gasteiger partial charge >= 0.3 is 0 Å². The molecule has 1 aromatic carbocycles. The Balaban J connectivity index is 1.81. The third-order valence-corrected chi connectivity index (χ3v) is 4.56. The topological polar surface area (TPSA) is 72.5 Å². The monoisotopic (exact) mass is 287 g/mol. The van der Waals surface area contributed by atoms with Crippen LogP contribution in [0.25, 0.3) is 0 Å². The minimum absolute atomic E-state index is 0.00306. The van der Waals surface area contributed by atoms with Crippen molar-refractivity contribution in [1.82, 2.24) is 5.32 Å². The number of para-hydroxylation sites is 1. The molecule has 19 heavy (non-hydrogen) atoms. The molecule has 1 amide bonds. The van der Waals surface area contributed by atoms with E-state index in [2.05, 4.69) is 5.32 Å². The van der Waals surface area contributed by atoms with Gasteiger partial charge in [0.1, 0.15) is 0 Å². The number of rotatable bonds is 4. The van der Waals surface area contributed by atoms with Gasteiger partial charge in [-0.1, -0.05) is 12.1 Å². The Hall–Kier alpha value is -1.63. The highest BCUT2D eigenvalue weighted by Gasteiger charge is 2.28. The van der Waals surface area contributed by atoms with Gasteiger partial charge in [0.05, 0.1) is 11.5 Å². The lowest BCUT2D eigenvalue weighted by Gasteiger charge is -2.11. The summed E-state index contributed by atoms with van der Waals surface area (Å²) in [5.41, 5.74) is 0. The van der Waals surface area contributed by atoms with E-state index in [1.54, 1.807) is 6.07 Å². The predicted octanol–water partition coefficient (Wildman–Crippen LogP) is 0.508. The zero-order valence-electron chi connectivity index (χ0n) is 10.1. The van der Waals surface area contributed by atoms with Crippen LogP contribution in [0.15, 0.2) is 24.3 Å². The number of halogens is 1. The summed E-state index contributed by atoms with van der Waals surface area (Å²) >= 11 is 0. The van der Waals surface area contributed by atoms with E-state index in [9.17, 15) is 17.6 Å². The standard InChI is InChI=1S/C12H14FNO4S/c13-10-3-1-2-4-11(10)18-7-12(15)14-9-5-6-19(16,17)8-9/h1-4,9H,5-8H2,(H,14,15). The van der Waals surface area contributed by atoms with Gasteiger partial charge in [-0.15, -0.1) is 0 Å². The first kappa shape index (κ1) is 13.8. The Morgan fingerprint density at radius 1 is 1.42 bits per heavy atom. The number of benzene rings is 1. The number of sulfone groups is 1. The lowest BCUT2D eigenvalue weighted by Crippen LogP contribution is -2.38. The molecule has 1 unspecified atom stereocenters. The van der Waals surface area contributed by atoms with E-state index in [0.717, 1.165) is 0 Å². The molecule has 1 N–H and O–H groups in total. The van der Waals surface area contributed by atoms with Crippen molar-refractivity contribution in [3.63, 3.8) is 0 Å². The Kier molecular flexibility index (Phi) is 4.04. The molecule has 0 saturated carbocycles. The van der Waals surface area contributed by atoms with Crippen molar-refractivity contribution < 1.29 is 22.3 Å². The summed E-state index contributed by atoms with van der Waals surface area (Å²) in [6.07, 6.45) is 0.410. The molecule has 1 atom stereocenters. The minimum Gasteiger partial charge on any atom is -0.481 e. The molecule has 0 radical (unpaired) electrons. The van der Waals surface area contributed by atoms with Crippen molar-refractivity contribution in [2.75, 3.05) is 18.1 Å². The van der Waals surface area contributed by atoms with E-state index in [-0.39, 0.29) is 29.9 Å². The molecule has 5 nitrogen and oxygen atoms in total. The van der Waals surface area contributed by atoms with Crippen LogP contribution in [0, 0.1) is 5.82 Å². The van der Waals surface area contributed by atoms with E-state index >= 15 is 0 Å². The Morgan fingerprint density at radius 2 is 2.16 bits per heavy atom. The highest BCUT2D eigenvalue weighted by atomic mass is 32.2. The molecule has 1 fully saturated rings. The van der Waals surface area contributed by atoms with Crippen LogP contribution in [0.4, 0.5) is 4.39 Å². The molecule has 0 aromatic heterocycles. The number of amides is 1. The molecule has 0 aliphatic carbocycles. The van der Waals surface area contributed by atoms with Gasteiger partial charge in [-0.05, 0) is 18.6 Å². The predicted molar refractivity (Wildman–Crippen MR) is 67.1 cm³/mol. The first-order valence-corrected chi connectivity index (χ1v) is 7.65. The van der Waals surface area contributed by atoms with Gasteiger partial charge < -0.3 is 10.1 Å². The Morgan fingerprint density at radius 3 is 2.79 bits per heavy atom. The summed E-state index contributed by atoms with van der Waals surface area (Å²) in [7, 11) is -3.03. The summed E-state index contributed by atoms with van der Waals surface area (Å²) < 4.78 is 40.7. The summed E-state index contributed by atoms with van der Waals surface area (Å²) in [4.78, 5) is 11.5. The van der Waals surface area contributed by atoms with E-state index in [0.29, 0.717) is 6.42 Å². The fourth-order valence-corrected chi connectivity index (χ4v) is 3.56. The van der Waals surface area contributed by atoms with Crippen molar-refractivity contribution in [1.29, 1.82) is 0 Å². The van der Waals surface area contributed by atoms with Gasteiger partial charge in [0.15, 0.2) is 28.0 Å². The number of nitrogens with one attached hydrogen (secondary N) is 1. The lowest BCUT2D eigenvalue weighted by atomic mass is 10.2. The average molecular weight is 287 g/mol. The summed E-state index contributed by atoms with van der Waals surface area (Å²) in [6, 6.07) is 5.40. The van der Waals surface area contributed by atoms with Crippen LogP contribution in [-0.2, 0) is 14.6 Å². The van der Waals surface area contributed by atoms with Crippen LogP contribution in [-0.4, -0.2) is 38.5 Å². The van der Waals surface area contributed by atoms with E-state index in [1.807, 2.05) is 0 Å². The molecule has 2 rings (SSSR count). The normalized spacial score (nSPS) is 21.0. The highest BCUT2D eigenvalue weighted by molar-refractivity contribution is 7.91. The van der Waals surface area contributed by atoms with E-state index in [4.69, 9.17) is 4.74 Å². The third kappa shape index (κ3) is 3.92. The van der Waals surface area contributed by atoms with Crippen molar-refractivity contribution >= 4 is 15.7 Å². The van der Waals surface area contributed by atoms with Crippen LogP contribution < -0.4 is 10.1 Å². The van der Waals surface area contributed by atoms with Gasteiger partial charge in [-0.2, -0.15) is 0 Å². The minimum atomic E-state index is -3.03. The van der Waals surface area contributed by atoms with Crippen molar-refractivity contribution in [2.45, 2.75) is 12.5 Å². The molecule has 1 saturated heterocycles. The third-order valence-electron chi connectivity index (χ3n) is 2.79. The lowest BCUT2D eigenvalue weighted by molar-refractivity contribution is -0.123. The van der Waals surface area contributed by atoms with Crippen LogP contribution in [0.1, 0.15) is 6.42 Å². The molecular formula is C12H14FNO4S. The summed E-state index contributed by atoms with van der Waals surface area (Å²) in [5.74, 6) is -0.953. The molecule has 0 spiro atoms. The Bertz CT molecular complexity index is 573. The highest BCUT2D eigenvalue weighted by Crippen LogP contribution is 2.15. The second kappa shape index (κ2) is 5.56. The number of ether oxygens (including phenoxy) is 1. The number of hydrogen-bond donors (Lipinski definition) is 1. The average Bonchev–Trinajstić information content (AvgIpc) is 2.67. The largest absolute Gasteiger partial charge is 0.481 e. The van der Waals surface area contributed by atoms with Crippen LogP contribution in [0.2, 0.25) is 0 Å². The van der Waals surface area contributed by atoms with Crippen molar-refractivity contribution in [2.24, 2.45) is 0 Å². The zero-order chi connectivity index (χ0) is 13.9. The first-order valence-electron chi connectivity index (χ1n) is 5.83. The molecule has 1 aromatic rings. The maximum absolute atomic E-state index is 13.2. The van der Waals surface area contributed by atoms with Gasteiger partial charge in [0.2, 0.25) is 0 Å². The summed E-state index contributed by atoms with van der Waals surface area (Å²) in [6.45, 7) is -0.336. The molecule has 0 bridgehead atoms. The maximum atomic E-state index is 13.2. The molecule has 104 valence electrons. The zero-order valence-corrected chi connectivity index (χ0v) is 11.0. The first-order chi connectivity index (χ1) is 8.96. The smallest absolute Gasteiger partial charge is 0.258 e. The molecule has 1 aliphatic heterocycles. The number of hydrogen-bond acceptors (Lipinski definition) is 4. The van der Waals surface area contributed by atoms with Gasteiger partial charge in [-0.3, -0.25) is 4.79 Å². The van der Waals surface area contributed by atoms with Crippen LogP contribution >= 0.6 is 0 Å². The van der Waals surface area contributed by atoms with Crippen molar-refractivity contribution in [3.8, 4) is 5.75 Å². The van der Waals surface area contributed by atoms with Crippen molar-refractivity contribution in [3.05, 3.63) is 30.1 Å². The number of carbonyl (C=O) groups excluding carboxylic acids is 1. The molecule has 1 aliphatic rings. The number of carbonyl (C=O) groups is 1. The Labute approximate surface area is 110 Å². The van der Waals surface area contributed by atoms with E-state index < -0.39 is 21.6 Å². The van der Waals surface area contributed by atoms with Gasteiger partial charge in [0.25, 0.3) is 5.91 Å².